The largest absolute Gasteiger partial charge is 1.00 e. The monoisotopic (exact) mass is 335 g/mol. The van der Waals surface area contributed by atoms with Crippen LogP contribution in [0.3, 0.4) is 0 Å². The van der Waals surface area contributed by atoms with E-state index < -0.39 is 27.8 Å². The molecule has 0 amide bonds. The fourth-order valence-electron chi connectivity index (χ4n) is 0.992. The summed E-state index contributed by atoms with van der Waals surface area (Å²) >= 11 is 0. The van der Waals surface area contributed by atoms with E-state index in [4.69, 9.17) is 0 Å². The van der Waals surface area contributed by atoms with Gasteiger partial charge in [-0.1, -0.05) is 22.1 Å². The van der Waals surface area contributed by atoms with Crippen LogP contribution in [0.4, 0.5) is 0 Å². The third kappa shape index (κ3) is 25.2. The van der Waals surface area contributed by atoms with Crippen LogP contribution in [0.5, 0.6) is 0 Å². The molecule has 0 N–H and O–H groups in total. The summed E-state index contributed by atoms with van der Waals surface area (Å²) < 4.78 is 20.7. The summed E-state index contributed by atoms with van der Waals surface area (Å²) in [5.41, 5.74) is 0. The fraction of sp³-hybridized carbons (Fsp3) is 1.00. The van der Waals surface area contributed by atoms with Gasteiger partial charge in [0, 0.05) is 12.6 Å². The summed E-state index contributed by atoms with van der Waals surface area (Å²) in [5, 5.41) is 0. The van der Waals surface area contributed by atoms with Gasteiger partial charge in [0.1, 0.15) is 0 Å². The van der Waals surface area contributed by atoms with Crippen LogP contribution < -0.4 is 138 Å². The first-order chi connectivity index (χ1) is 6.14. The van der Waals surface area contributed by atoms with Gasteiger partial charge in [-0.2, -0.15) is 0 Å². The number of nitrogens with zero attached hydrogens (tertiary/aromatic N) is 1. The summed E-state index contributed by atoms with van der Waals surface area (Å²) in [6.45, 7) is 1.76. The minimum Gasteiger partial charge on any atom is -0.810 e. The van der Waals surface area contributed by atoms with Gasteiger partial charge in [-0.15, -0.1) is 0 Å². The Hall–Kier alpha value is 4.26. The first kappa shape index (κ1) is 33.8. The molecule has 0 spiro atoms. The predicted octanol–water partition coefficient (Wildman–Crippen LogP) is -14.5. The van der Waals surface area contributed by atoms with E-state index >= 15 is 0 Å². The number of rotatable bonds is 6. The van der Waals surface area contributed by atoms with Crippen LogP contribution in [0.2, 0.25) is 0 Å². The van der Waals surface area contributed by atoms with Gasteiger partial charge in [-0.3, -0.25) is 4.90 Å². The van der Waals surface area contributed by atoms with Gasteiger partial charge in [0.05, 0.1) is 0 Å². The Balaban J connectivity index is -0.000000141. The topological polar surface area (TPSA) is 130 Å². The van der Waals surface area contributed by atoms with Crippen LogP contribution in [-0.4, -0.2) is 24.0 Å². The van der Waals surface area contributed by atoms with Crippen LogP contribution in [0, 0.1) is 0 Å². The van der Waals surface area contributed by atoms with Crippen molar-refractivity contribution >= 4 is 15.2 Å². The minimum atomic E-state index is -4.81. The summed E-state index contributed by atoms with van der Waals surface area (Å²) in [5.74, 6) is 0. The van der Waals surface area contributed by atoms with Gasteiger partial charge >= 0.3 is 118 Å². The predicted molar refractivity (Wildman–Crippen MR) is 41.9 cm³/mol. The molecular formula is C5H11NNa4O6P2. The van der Waals surface area contributed by atoms with Crippen LogP contribution >= 0.6 is 15.2 Å². The van der Waals surface area contributed by atoms with E-state index in [1.54, 1.807) is 6.92 Å². The molecule has 0 heterocycles. The zero-order valence-corrected chi connectivity index (χ0v) is 21.4. The van der Waals surface area contributed by atoms with E-state index in [1.165, 1.54) is 0 Å². The van der Waals surface area contributed by atoms with E-state index in [9.17, 15) is 28.7 Å². The fourth-order valence-corrected chi connectivity index (χ4v) is 2.61. The van der Waals surface area contributed by atoms with E-state index in [-0.39, 0.29) is 125 Å². The summed E-state index contributed by atoms with van der Waals surface area (Å²) in [7, 11) is -9.62. The second-order valence-corrected chi connectivity index (χ2v) is 5.91. The van der Waals surface area contributed by atoms with Gasteiger partial charge in [0.15, 0.2) is 0 Å². The Labute approximate surface area is 196 Å². The van der Waals surface area contributed by atoms with Crippen molar-refractivity contribution in [2.24, 2.45) is 0 Å². The Kier molecular flexibility index (Phi) is 30.3. The summed E-state index contributed by atoms with van der Waals surface area (Å²) in [6, 6.07) is 0. The van der Waals surface area contributed by atoms with Crippen molar-refractivity contribution in [3.63, 3.8) is 0 Å². The third-order valence-electron chi connectivity index (χ3n) is 1.29. The number of hydrogen-bond donors (Lipinski definition) is 0. The zero-order valence-electron chi connectivity index (χ0n) is 11.6. The van der Waals surface area contributed by atoms with Gasteiger partial charge in [-0.25, -0.2) is 0 Å². The third-order valence-corrected chi connectivity index (χ3v) is 2.78. The first-order valence-corrected chi connectivity index (χ1v) is 7.34. The Morgan fingerprint density at radius 2 is 1.11 bits per heavy atom. The molecule has 0 saturated heterocycles. The van der Waals surface area contributed by atoms with Gasteiger partial charge in [-0.05, 0) is 13.0 Å². The maximum Gasteiger partial charge on any atom is 1.00 e. The van der Waals surface area contributed by atoms with Crippen molar-refractivity contribution in [1.82, 2.24) is 4.90 Å². The van der Waals surface area contributed by atoms with E-state index in [0.717, 1.165) is 4.90 Å². The standard InChI is InChI=1S/C5H15NO6P2.4Na/c1-2-3-6(4-13(7,8)9)5-14(10,11)12;;;;/h2-5H2,1H3,(H2,7,8,9)(H2,10,11,12);;;;/q;4*+1/p-4. The molecule has 0 aliphatic heterocycles. The van der Waals surface area contributed by atoms with Crippen molar-refractivity contribution in [3.05, 3.63) is 0 Å². The van der Waals surface area contributed by atoms with Crippen molar-refractivity contribution in [2.75, 3.05) is 19.1 Å². The van der Waals surface area contributed by atoms with E-state index in [1.807, 2.05) is 0 Å². The molecule has 0 fully saturated rings. The maximum atomic E-state index is 10.3. The normalized spacial score (nSPS) is 10.6. The molecule has 13 heteroatoms. The molecule has 0 bridgehead atoms. The second-order valence-electron chi connectivity index (χ2n) is 2.90. The first-order valence-electron chi connectivity index (χ1n) is 3.88. The average Bonchev–Trinajstić information content (AvgIpc) is 1.78. The molecule has 0 aromatic rings. The smallest absolute Gasteiger partial charge is 0.810 e. The SMILES string of the molecule is CCCN(CP(=O)([O-])[O-])CP(=O)([O-])[O-].[Na+].[Na+].[Na+].[Na+]. The summed E-state index contributed by atoms with van der Waals surface area (Å²) in [4.78, 5) is 42.2. The van der Waals surface area contributed by atoms with Crippen LogP contribution in [0.25, 0.3) is 0 Å². The van der Waals surface area contributed by atoms with Crippen LogP contribution in [-0.2, 0) is 9.13 Å². The molecule has 0 aliphatic rings. The molecule has 0 radical (unpaired) electrons. The van der Waals surface area contributed by atoms with Crippen LogP contribution in [0.15, 0.2) is 0 Å². The second kappa shape index (κ2) is 16.1. The average molecular weight is 335 g/mol. The Morgan fingerprint density at radius 3 is 1.28 bits per heavy atom. The van der Waals surface area contributed by atoms with Crippen molar-refractivity contribution in [1.29, 1.82) is 0 Å². The quantitative estimate of drug-likeness (QED) is 0.348. The zero-order chi connectivity index (χ0) is 11.4. The molecule has 18 heavy (non-hydrogen) atoms. The molecule has 0 saturated carbocycles. The Morgan fingerprint density at radius 1 is 0.833 bits per heavy atom. The molecule has 86 valence electrons. The van der Waals surface area contributed by atoms with Crippen molar-refractivity contribution in [2.45, 2.75) is 13.3 Å². The maximum absolute atomic E-state index is 10.3. The minimum absolute atomic E-state index is 0. The van der Waals surface area contributed by atoms with Crippen molar-refractivity contribution in [3.8, 4) is 0 Å². The molecule has 0 rings (SSSR count). The van der Waals surface area contributed by atoms with Gasteiger partial charge in [0.2, 0.25) is 0 Å². The molecule has 0 aromatic carbocycles. The van der Waals surface area contributed by atoms with Gasteiger partial charge in [0.25, 0.3) is 0 Å². The summed E-state index contributed by atoms with van der Waals surface area (Å²) in [6.07, 6.45) is -1.38. The van der Waals surface area contributed by atoms with Crippen LogP contribution in [0.1, 0.15) is 13.3 Å². The molecule has 7 nitrogen and oxygen atoms in total. The van der Waals surface area contributed by atoms with E-state index in [2.05, 4.69) is 0 Å². The number of hydrogen-bond acceptors (Lipinski definition) is 7. The molecular weight excluding hydrogens is 324 g/mol. The molecule has 0 aromatic heterocycles. The molecule has 0 atom stereocenters. The molecule has 0 aliphatic carbocycles. The van der Waals surface area contributed by atoms with E-state index in [0.29, 0.717) is 6.42 Å². The van der Waals surface area contributed by atoms with Gasteiger partial charge < -0.3 is 28.7 Å². The molecule has 0 unspecified atom stereocenters. The van der Waals surface area contributed by atoms with Crippen molar-refractivity contribution < 1.29 is 147 Å². The Bertz CT molecular complexity index is 247.